The largest absolute Gasteiger partial charge is 0.488 e. The lowest BCUT2D eigenvalue weighted by atomic mass is 10.2. The first-order chi connectivity index (χ1) is 20.3. The van der Waals surface area contributed by atoms with Gasteiger partial charge in [-0.25, -0.2) is 5.43 Å². The van der Waals surface area contributed by atoms with Crippen molar-refractivity contribution < 1.29 is 18.7 Å². The fourth-order valence-electron chi connectivity index (χ4n) is 4.23. The highest BCUT2D eigenvalue weighted by atomic mass is 79.9. The van der Waals surface area contributed by atoms with Gasteiger partial charge in [-0.1, -0.05) is 37.9 Å². The lowest BCUT2D eigenvalue weighted by Gasteiger charge is -2.10. The fourth-order valence-corrected chi connectivity index (χ4v) is 5.90. The number of hydrazone groups is 1. The van der Waals surface area contributed by atoms with Gasteiger partial charge in [-0.15, -0.1) is 0 Å². The molecule has 0 aliphatic heterocycles. The SMILES string of the molecule is Cc1ccc(C)n1-c1ccc(OCc2ccc(C(=O)N/N=C/c3ccc(OCc4ccc(Br)cc4Br)c(Br)c3)o2)cc1. The maximum absolute atomic E-state index is 12.5. The molecule has 214 valence electrons. The number of furan rings is 1. The second-order valence-corrected chi connectivity index (χ2v) is 12.0. The van der Waals surface area contributed by atoms with E-state index in [1.165, 1.54) is 11.4 Å². The number of carbonyl (C=O) groups is 1. The topological polar surface area (TPSA) is 78.0 Å². The number of halogens is 3. The van der Waals surface area contributed by atoms with E-state index in [9.17, 15) is 4.79 Å². The summed E-state index contributed by atoms with van der Waals surface area (Å²) in [7, 11) is 0. The first kappa shape index (κ1) is 29.9. The van der Waals surface area contributed by atoms with Crippen molar-refractivity contribution >= 4 is 59.9 Å². The van der Waals surface area contributed by atoms with Gasteiger partial charge in [0.15, 0.2) is 5.76 Å². The predicted octanol–water partition coefficient (Wildman–Crippen LogP) is 8.90. The predicted molar refractivity (Wildman–Crippen MR) is 174 cm³/mol. The summed E-state index contributed by atoms with van der Waals surface area (Å²) in [5, 5.41) is 4.06. The van der Waals surface area contributed by atoms with Crippen LogP contribution in [0.2, 0.25) is 0 Å². The van der Waals surface area contributed by atoms with Crippen LogP contribution in [0.25, 0.3) is 5.69 Å². The Morgan fingerprint density at radius 3 is 2.33 bits per heavy atom. The van der Waals surface area contributed by atoms with Gasteiger partial charge in [0.25, 0.3) is 0 Å². The van der Waals surface area contributed by atoms with Crippen molar-refractivity contribution in [1.82, 2.24) is 9.99 Å². The molecule has 5 rings (SSSR count). The minimum atomic E-state index is -0.460. The molecule has 0 saturated heterocycles. The Hall–Kier alpha value is -3.60. The molecule has 2 aromatic heterocycles. The number of benzene rings is 3. The van der Waals surface area contributed by atoms with Gasteiger partial charge in [-0.2, -0.15) is 5.10 Å². The standard InChI is InChI=1S/C32H26Br3N3O4/c1-20-3-4-21(2)38(20)25-8-10-26(11-9-25)40-19-27-12-14-31(42-27)32(39)37-36-17-22-5-13-30(29(35)15-22)41-18-23-6-7-24(33)16-28(23)34/h3-17H,18-19H2,1-2H3,(H,37,39)/b36-17+. The molecule has 10 heteroatoms. The number of amides is 1. The molecule has 0 radical (unpaired) electrons. The van der Waals surface area contributed by atoms with Gasteiger partial charge in [0.1, 0.15) is 30.5 Å². The fraction of sp³-hybridized carbons (Fsp3) is 0.125. The van der Waals surface area contributed by atoms with E-state index in [1.807, 2.05) is 60.7 Å². The number of rotatable bonds is 10. The molecule has 5 aromatic rings. The number of ether oxygens (including phenoxy) is 2. The molecule has 0 aliphatic carbocycles. The Bertz CT molecular complexity index is 1720. The van der Waals surface area contributed by atoms with Gasteiger partial charge in [-0.3, -0.25) is 4.79 Å². The van der Waals surface area contributed by atoms with E-state index in [2.05, 4.69) is 88.9 Å². The molecule has 0 aliphatic rings. The lowest BCUT2D eigenvalue weighted by molar-refractivity contribution is 0.0923. The third-order valence-corrected chi connectivity index (χ3v) is 8.22. The smallest absolute Gasteiger partial charge is 0.307 e. The van der Waals surface area contributed by atoms with Gasteiger partial charge in [-0.05, 0) is 114 Å². The van der Waals surface area contributed by atoms with Crippen LogP contribution in [0.5, 0.6) is 11.5 Å². The molecular weight excluding hydrogens is 730 g/mol. The van der Waals surface area contributed by atoms with Crippen LogP contribution in [0.1, 0.15) is 38.8 Å². The number of aromatic nitrogens is 1. The summed E-state index contributed by atoms with van der Waals surface area (Å²) >= 11 is 10.5. The normalized spacial score (nSPS) is 11.2. The van der Waals surface area contributed by atoms with Crippen LogP contribution in [-0.4, -0.2) is 16.7 Å². The summed E-state index contributed by atoms with van der Waals surface area (Å²) in [4.78, 5) is 12.5. The van der Waals surface area contributed by atoms with Crippen molar-refractivity contribution in [3.05, 3.63) is 132 Å². The van der Waals surface area contributed by atoms with Crippen LogP contribution >= 0.6 is 47.8 Å². The van der Waals surface area contributed by atoms with Gasteiger partial charge >= 0.3 is 5.91 Å². The highest BCUT2D eigenvalue weighted by Crippen LogP contribution is 2.28. The molecule has 0 saturated carbocycles. The zero-order valence-electron chi connectivity index (χ0n) is 22.7. The molecule has 42 heavy (non-hydrogen) atoms. The maximum atomic E-state index is 12.5. The molecule has 1 amide bonds. The Labute approximate surface area is 268 Å². The molecular formula is C32H26Br3N3O4. The number of nitrogens with one attached hydrogen (secondary N) is 1. The van der Waals surface area contributed by atoms with E-state index >= 15 is 0 Å². The minimum absolute atomic E-state index is 0.142. The Balaban J connectivity index is 1.11. The third-order valence-electron chi connectivity index (χ3n) is 6.37. The summed E-state index contributed by atoms with van der Waals surface area (Å²) in [5.74, 6) is 1.61. The van der Waals surface area contributed by atoms with Crippen molar-refractivity contribution in [3.63, 3.8) is 0 Å². The summed E-state index contributed by atoms with van der Waals surface area (Å²) in [6.07, 6.45) is 1.55. The first-order valence-electron chi connectivity index (χ1n) is 12.9. The summed E-state index contributed by atoms with van der Waals surface area (Å²) in [6.45, 7) is 4.75. The average Bonchev–Trinajstić information content (AvgIpc) is 3.58. The van der Waals surface area contributed by atoms with E-state index < -0.39 is 5.91 Å². The second kappa shape index (κ2) is 13.6. The molecule has 3 aromatic carbocycles. The summed E-state index contributed by atoms with van der Waals surface area (Å²) in [6, 6.07) is 26.8. The zero-order valence-corrected chi connectivity index (χ0v) is 27.5. The number of aryl methyl sites for hydroxylation is 2. The van der Waals surface area contributed by atoms with Crippen LogP contribution in [0.15, 0.2) is 108 Å². The van der Waals surface area contributed by atoms with Crippen molar-refractivity contribution in [1.29, 1.82) is 0 Å². The van der Waals surface area contributed by atoms with Crippen molar-refractivity contribution in [2.45, 2.75) is 27.1 Å². The number of nitrogens with zero attached hydrogens (tertiary/aromatic N) is 2. The van der Waals surface area contributed by atoms with Crippen LogP contribution in [0.3, 0.4) is 0 Å². The highest BCUT2D eigenvalue weighted by molar-refractivity contribution is 9.11. The Kier molecular flexibility index (Phi) is 9.66. The Morgan fingerprint density at radius 1 is 0.857 bits per heavy atom. The number of hydrogen-bond acceptors (Lipinski definition) is 5. The Morgan fingerprint density at radius 2 is 1.62 bits per heavy atom. The van der Waals surface area contributed by atoms with E-state index in [0.717, 1.165) is 30.2 Å². The van der Waals surface area contributed by atoms with Gasteiger partial charge in [0.05, 0.1) is 10.7 Å². The van der Waals surface area contributed by atoms with Crippen LogP contribution in [0.4, 0.5) is 0 Å². The van der Waals surface area contributed by atoms with Crippen molar-refractivity contribution in [2.75, 3.05) is 0 Å². The summed E-state index contributed by atoms with van der Waals surface area (Å²) in [5.41, 5.74) is 7.71. The summed E-state index contributed by atoms with van der Waals surface area (Å²) < 4.78 is 22.4. The van der Waals surface area contributed by atoms with Crippen molar-refractivity contribution in [3.8, 4) is 17.2 Å². The quantitative estimate of drug-likeness (QED) is 0.114. The minimum Gasteiger partial charge on any atom is -0.488 e. The molecule has 0 fully saturated rings. The van der Waals surface area contributed by atoms with E-state index in [0.29, 0.717) is 23.9 Å². The molecule has 0 spiro atoms. The molecule has 0 bridgehead atoms. The second-order valence-electron chi connectivity index (χ2n) is 9.41. The monoisotopic (exact) mass is 753 g/mol. The van der Waals surface area contributed by atoms with E-state index in [-0.39, 0.29) is 12.4 Å². The maximum Gasteiger partial charge on any atom is 0.307 e. The van der Waals surface area contributed by atoms with Crippen LogP contribution in [0, 0.1) is 13.8 Å². The molecule has 0 unspecified atom stereocenters. The first-order valence-corrected chi connectivity index (χ1v) is 15.3. The highest BCUT2D eigenvalue weighted by Gasteiger charge is 2.12. The molecule has 7 nitrogen and oxygen atoms in total. The number of carbonyl (C=O) groups excluding carboxylic acids is 1. The molecule has 2 heterocycles. The van der Waals surface area contributed by atoms with Gasteiger partial charge in [0.2, 0.25) is 0 Å². The van der Waals surface area contributed by atoms with Crippen molar-refractivity contribution in [2.24, 2.45) is 5.10 Å². The van der Waals surface area contributed by atoms with Crippen LogP contribution < -0.4 is 14.9 Å². The molecule has 1 N–H and O–H groups in total. The lowest BCUT2D eigenvalue weighted by Crippen LogP contribution is -2.16. The van der Waals surface area contributed by atoms with Crippen LogP contribution in [-0.2, 0) is 13.2 Å². The third kappa shape index (κ3) is 7.42. The average molecular weight is 756 g/mol. The number of hydrogen-bond donors (Lipinski definition) is 1. The van der Waals surface area contributed by atoms with E-state index in [4.69, 9.17) is 13.9 Å². The van der Waals surface area contributed by atoms with Gasteiger partial charge in [0, 0.05) is 31.6 Å². The zero-order chi connectivity index (χ0) is 29.6. The van der Waals surface area contributed by atoms with E-state index in [1.54, 1.807) is 18.3 Å². The van der Waals surface area contributed by atoms with Gasteiger partial charge < -0.3 is 18.5 Å². The molecule has 0 atom stereocenters.